The number of hydrogen-bond donors (Lipinski definition) is 5. The molecule has 0 radical (unpaired) electrons. The van der Waals surface area contributed by atoms with E-state index in [-0.39, 0.29) is 22.1 Å². The smallest absolute Gasteiger partial charge is 0.349 e. The minimum absolute atomic E-state index is 0. The van der Waals surface area contributed by atoms with E-state index in [4.69, 9.17) is 9.47 Å². The van der Waals surface area contributed by atoms with Crippen LogP contribution >= 0.6 is 22.7 Å². The number of carbonyl (C=O) groups is 1. The number of aromatic hydroxyl groups is 1. The van der Waals surface area contributed by atoms with Gasteiger partial charge >= 0.3 is 5.97 Å². The molecule has 1 atom stereocenters. The van der Waals surface area contributed by atoms with Crippen molar-refractivity contribution in [3.05, 3.63) is 85.0 Å². The Hall–Kier alpha value is -3.17. The van der Waals surface area contributed by atoms with Crippen molar-refractivity contribution in [1.29, 1.82) is 0 Å². The number of aromatic nitrogens is 1. The summed E-state index contributed by atoms with van der Waals surface area (Å²) in [7, 11) is 2.16. The molecule has 0 bridgehead atoms. The average molecular weight is 732 g/mol. The lowest BCUT2D eigenvalue weighted by atomic mass is 9.91. The van der Waals surface area contributed by atoms with Crippen molar-refractivity contribution in [2.24, 2.45) is 0 Å². The van der Waals surface area contributed by atoms with Gasteiger partial charge in [0.2, 0.25) is 11.2 Å². The van der Waals surface area contributed by atoms with E-state index in [9.17, 15) is 24.9 Å². The molecule has 0 amide bonds. The number of halogens is 1. The lowest BCUT2D eigenvalue weighted by Crippen LogP contribution is -2.42. The van der Waals surface area contributed by atoms with E-state index in [1.165, 1.54) is 34.8 Å². The summed E-state index contributed by atoms with van der Waals surface area (Å²) in [6, 6.07) is 13.9. The predicted molar refractivity (Wildman–Crippen MR) is 197 cm³/mol. The Morgan fingerprint density at radius 1 is 0.980 bits per heavy atom. The summed E-state index contributed by atoms with van der Waals surface area (Å²) in [6.07, 6.45) is 7.72. The van der Waals surface area contributed by atoms with Crippen LogP contribution in [0.15, 0.2) is 64.1 Å². The highest BCUT2D eigenvalue weighted by Crippen LogP contribution is 2.38. The molecule has 5 rings (SSSR count). The number of nitrogens with one attached hydrogen (secondary N) is 2. The van der Waals surface area contributed by atoms with Crippen LogP contribution in [0.3, 0.4) is 0 Å². The maximum atomic E-state index is 13.3. The first-order chi connectivity index (χ1) is 23.8. The number of pyridine rings is 1. The van der Waals surface area contributed by atoms with Crippen LogP contribution in [0, 0.1) is 0 Å². The lowest BCUT2D eigenvalue weighted by molar-refractivity contribution is -0.169. The fourth-order valence-electron chi connectivity index (χ4n) is 6.54. The van der Waals surface area contributed by atoms with E-state index in [0.29, 0.717) is 38.8 Å². The summed E-state index contributed by atoms with van der Waals surface area (Å²) in [5.41, 5.74) is -1.04. The fourth-order valence-corrected chi connectivity index (χ4v) is 8.25. The van der Waals surface area contributed by atoms with Crippen LogP contribution in [0.2, 0.25) is 0 Å². The zero-order chi connectivity index (χ0) is 34.6. The molecule has 274 valence electrons. The molecule has 5 N–H and O–H groups in total. The number of aromatic amines is 1. The zero-order valence-corrected chi connectivity index (χ0v) is 30.2. The summed E-state index contributed by atoms with van der Waals surface area (Å²) >= 11 is 2.72. The number of phenolic OH excluding ortho intramolecular Hbond substituents is 1. The fraction of sp³-hybridized carbons (Fsp3) is 0.514. The third-order valence-corrected chi connectivity index (χ3v) is 11.3. The van der Waals surface area contributed by atoms with Crippen LogP contribution in [-0.2, 0) is 19.9 Å². The third kappa shape index (κ3) is 10.2. The normalized spacial score (nSPS) is 17.1. The van der Waals surface area contributed by atoms with Gasteiger partial charge < -0.3 is 40.0 Å². The van der Waals surface area contributed by atoms with E-state index in [1.807, 2.05) is 22.9 Å². The van der Waals surface area contributed by atoms with Gasteiger partial charge in [-0.3, -0.25) is 9.50 Å². The number of rotatable bonds is 19. The summed E-state index contributed by atoms with van der Waals surface area (Å²) in [6.45, 7) is 3.64. The number of esters is 1. The first-order valence-electron chi connectivity index (χ1n) is 17.3. The van der Waals surface area contributed by atoms with Crippen LogP contribution in [-0.4, -0.2) is 83.2 Å². The number of carbonyl (C=O) groups excluding carboxylic acids is 1. The molecule has 13 heteroatoms. The van der Waals surface area contributed by atoms with Crippen molar-refractivity contribution in [2.75, 3.05) is 39.9 Å². The first-order valence-corrected chi connectivity index (χ1v) is 19.1. The van der Waals surface area contributed by atoms with E-state index in [2.05, 4.69) is 22.2 Å². The molecule has 4 aromatic rings. The number of aliphatic hydroxyl groups excluding tert-OH is 1. The predicted octanol–water partition coefficient (Wildman–Crippen LogP) is 5.82. The number of nitrogens with zero attached hydrogens (tertiary/aromatic N) is 1. The van der Waals surface area contributed by atoms with Gasteiger partial charge in [0, 0.05) is 43.8 Å². The monoisotopic (exact) mass is 731 g/mol. The second-order valence-corrected chi connectivity index (χ2v) is 14.8. The molecular weight excluding hydrogens is 682 g/mol. The Kier molecular flexibility index (Phi) is 15.4. The van der Waals surface area contributed by atoms with Crippen molar-refractivity contribution in [2.45, 2.75) is 81.6 Å². The molecule has 0 spiro atoms. The quantitative estimate of drug-likeness (QED) is 0.0595. The molecule has 1 fully saturated rings. The van der Waals surface area contributed by atoms with Crippen molar-refractivity contribution >= 4 is 39.5 Å². The van der Waals surface area contributed by atoms with E-state index in [1.54, 1.807) is 24.3 Å². The molecule has 0 aliphatic heterocycles. The Morgan fingerprint density at radius 3 is 2.34 bits per heavy atom. The number of ether oxygens (including phenoxy) is 2. The van der Waals surface area contributed by atoms with Gasteiger partial charge in [0.05, 0.1) is 21.4 Å². The van der Waals surface area contributed by atoms with E-state index < -0.39 is 17.7 Å². The molecule has 3 heterocycles. The second-order valence-electron chi connectivity index (χ2n) is 12.9. The van der Waals surface area contributed by atoms with E-state index in [0.717, 1.165) is 84.1 Å². The Balaban J connectivity index is 0.00000562. The van der Waals surface area contributed by atoms with Gasteiger partial charge in [0.1, 0.15) is 11.9 Å². The highest BCUT2D eigenvalue weighted by molar-refractivity contribution is 7.12. The minimum atomic E-state index is -1.75. The third-order valence-electron chi connectivity index (χ3n) is 9.39. The van der Waals surface area contributed by atoms with E-state index >= 15 is 0 Å². The molecule has 50 heavy (non-hydrogen) atoms. The van der Waals surface area contributed by atoms with Crippen LogP contribution in [0.5, 0.6) is 5.75 Å². The first kappa shape index (κ1) is 39.6. The highest BCUT2D eigenvalue weighted by atomic mass is 32.1. The molecule has 1 aliphatic carbocycles. The second kappa shape index (κ2) is 19.4. The van der Waals surface area contributed by atoms with Crippen LogP contribution in [0.4, 0.5) is 4.70 Å². The van der Waals surface area contributed by atoms with Gasteiger partial charge in [-0.1, -0.05) is 31.0 Å². The molecule has 1 aliphatic rings. The van der Waals surface area contributed by atoms with Crippen molar-refractivity contribution in [3.8, 4) is 5.75 Å². The highest BCUT2D eigenvalue weighted by Gasteiger charge is 2.45. The summed E-state index contributed by atoms with van der Waals surface area (Å²) in [4.78, 5) is 31.1. The summed E-state index contributed by atoms with van der Waals surface area (Å²) in [5, 5.41) is 39.9. The van der Waals surface area contributed by atoms with Gasteiger partial charge in [-0.15, -0.1) is 22.7 Å². The summed E-state index contributed by atoms with van der Waals surface area (Å²) in [5.74, 6) is -0.597. The number of aliphatic hydroxyl groups is 2. The molecule has 1 saturated carbocycles. The Morgan fingerprint density at radius 2 is 1.66 bits per heavy atom. The number of fused-ring (bicyclic) bond motifs is 1. The van der Waals surface area contributed by atoms with Crippen LogP contribution in [0.1, 0.15) is 79.2 Å². The minimum Gasteiger partial charge on any atom is -0.506 e. The number of hydrogen-bond acceptors (Lipinski definition) is 11. The van der Waals surface area contributed by atoms with Crippen molar-refractivity contribution < 1.29 is 34.3 Å². The molecule has 3 aromatic heterocycles. The van der Waals surface area contributed by atoms with Crippen LogP contribution in [0.25, 0.3) is 10.9 Å². The maximum absolute atomic E-state index is 13.3. The number of thiophene rings is 2. The Bertz CT molecular complexity index is 1610. The summed E-state index contributed by atoms with van der Waals surface area (Å²) < 4.78 is 11.8. The molecule has 0 unspecified atom stereocenters. The van der Waals surface area contributed by atoms with Gasteiger partial charge in [-0.25, -0.2) is 4.79 Å². The molecule has 10 nitrogen and oxygen atoms in total. The SMILES string of the molecule is CN(CCCOCCCCCCNC[C@H](O)c1ccc(O)c2[nH]c(=O)ccc12)C1CCC(OC(=O)C(O)(c2cccs2)c2cccs2)CC1.F. The number of unbranched alkanes of at least 4 members (excludes halogenated alkanes) is 3. The van der Waals surface area contributed by atoms with Gasteiger partial charge in [0.15, 0.2) is 0 Å². The average Bonchev–Trinajstić information content (AvgIpc) is 3.85. The lowest BCUT2D eigenvalue weighted by Gasteiger charge is -2.35. The standard InChI is InChI=1S/C37H49N3O7S2.FH/c1-40(26-11-13-27(14-12-26)47-36(44)37(45,32-9-6-23-48-32)33-10-7-24-49-33)20-8-22-46-21-5-3-2-4-19-38-25-31(42)28-15-17-30(41)35-29(28)16-18-34(43)39-35;/h6-7,9-10,15-18,23-24,26-27,31,38,41-42,45H,2-5,8,11-14,19-22,25H2,1H3,(H,39,43);1H/t26?,27?,31-;/m0./s1. The number of H-pyrrole nitrogens is 1. The molecule has 0 saturated heterocycles. The largest absolute Gasteiger partial charge is 0.506 e. The maximum Gasteiger partial charge on any atom is 0.349 e. The van der Waals surface area contributed by atoms with Gasteiger partial charge in [-0.05, 0) is 99.1 Å². The molecule has 1 aromatic carbocycles. The van der Waals surface area contributed by atoms with Crippen molar-refractivity contribution in [3.63, 3.8) is 0 Å². The van der Waals surface area contributed by atoms with Crippen molar-refractivity contribution in [1.82, 2.24) is 15.2 Å². The van der Waals surface area contributed by atoms with Gasteiger partial charge in [-0.2, -0.15) is 0 Å². The number of phenols is 1. The topological polar surface area (TPSA) is 144 Å². The zero-order valence-electron chi connectivity index (χ0n) is 28.6. The Labute approximate surface area is 300 Å². The molecular formula is C37H50FN3O7S2. The van der Waals surface area contributed by atoms with Gasteiger partial charge in [0.25, 0.3) is 0 Å². The van der Waals surface area contributed by atoms with Crippen LogP contribution < -0.4 is 10.9 Å². The number of benzene rings is 1.